The molecule has 1 N–H and O–H groups in total. The fourth-order valence-corrected chi connectivity index (χ4v) is 3.71. The first-order valence-corrected chi connectivity index (χ1v) is 9.92. The van der Waals surface area contributed by atoms with Gasteiger partial charge in [-0.3, -0.25) is 0 Å². The molecule has 0 bridgehead atoms. The van der Waals surface area contributed by atoms with E-state index in [2.05, 4.69) is 26.2 Å². The Labute approximate surface area is 176 Å². The second-order valence-electron chi connectivity index (χ2n) is 6.55. The number of aromatic nitrogens is 1. The van der Waals surface area contributed by atoms with Gasteiger partial charge in [0.25, 0.3) is 0 Å². The molecule has 0 saturated heterocycles. The maximum Gasteiger partial charge on any atom is 0.221 e. The lowest BCUT2D eigenvalue weighted by molar-refractivity contribution is 0.429. The highest BCUT2D eigenvalue weighted by Gasteiger charge is 2.18. The van der Waals surface area contributed by atoms with Gasteiger partial charge >= 0.3 is 0 Å². The number of hydrogen-bond donors (Lipinski definition) is 1. The number of nitrogens with zero attached hydrogens (tertiary/aromatic N) is 3. The Bertz CT molecular complexity index is 1200. The fourth-order valence-electron chi connectivity index (χ4n) is 3.15. The molecule has 4 rings (SSSR count). The van der Waals surface area contributed by atoms with Gasteiger partial charge in [0, 0.05) is 14.9 Å². The molecule has 0 radical (unpaired) electrons. The molecule has 1 heterocycles. The number of halogens is 2. The van der Waals surface area contributed by atoms with Crippen LogP contribution in [0.3, 0.4) is 0 Å². The Hall–Kier alpha value is -2.63. The van der Waals surface area contributed by atoms with Gasteiger partial charge < -0.3 is 9.67 Å². The Kier molecular flexibility index (Phi) is 5.20. The molecule has 0 aliphatic rings. The Morgan fingerprint density at radius 2 is 1.82 bits per heavy atom. The van der Waals surface area contributed by atoms with E-state index in [1.165, 1.54) is 0 Å². The van der Waals surface area contributed by atoms with E-state index >= 15 is 0 Å². The van der Waals surface area contributed by atoms with E-state index in [-0.39, 0.29) is 5.88 Å². The highest BCUT2D eigenvalue weighted by Crippen LogP contribution is 2.41. The van der Waals surface area contributed by atoms with Gasteiger partial charge in [-0.15, -0.1) is 5.11 Å². The van der Waals surface area contributed by atoms with Gasteiger partial charge in [0.2, 0.25) is 5.88 Å². The van der Waals surface area contributed by atoms with Crippen LogP contribution in [0.25, 0.3) is 10.9 Å². The van der Waals surface area contributed by atoms with E-state index in [1.807, 2.05) is 73.7 Å². The summed E-state index contributed by atoms with van der Waals surface area (Å²) in [6.45, 7) is 2.44. The van der Waals surface area contributed by atoms with Crippen molar-refractivity contribution in [3.05, 3.63) is 87.4 Å². The zero-order valence-electron chi connectivity index (χ0n) is 15.1. The van der Waals surface area contributed by atoms with E-state index in [9.17, 15) is 5.11 Å². The topological polar surface area (TPSA) is 49.9 Å². The summed E-state index contributed by atoms with van der Waals surface area (Å²) < 4.78 is 2.70. The largest absolute Gasteiger partial charge is 0.493 e. The third-order valence-electron chi connectivity index (χ3n) is 4.53. The van der Waals surface area contributed by atoms with Gasteiger partial charge in [-0.1, -0.05) is 57.9 Å². The summed E-state index contributed by atoms with van der Waals surface area (Å²) in [6.07, 6.45) is 0. The third-order valence-corrected chi connectivity index (χ3v) is 5.39. The summed E-state index contributed by atoms with van der Waals surface area (Å²) in [5.74, 6) is 0.0597. The molecule has 4 aromatic rings. The van der Waals surface area contributed by atoms with Crippen molar-refractivity contribution < 1.29 is 5.11 Å². The minimum atomic E-state index is 0.0597. The molecule has 6 heteroatoms. The third kappa shape index (κ3) is 3.68. The van der Waals surface area contributed by atoms with Crippen LogP contribution in [0.5, 0.6) is 5.88 Å². The minimum absolute atomic E-state index is 0.0597. The summed E-state index contributed by atoms with van der Waals surface area (Å²) in [5.41, 5.74) is 4.05. The molecule has 0 aliphatic heterocycles. The van der Waals surface area contributed by atoms with E-state index in [4.69, 9.17) is 11.6 Å². The van der Waals surface area contributed by atoms with Crippen molar-refractivity contribution >= 4 is 49.8 Å². The first kappa shape index (κ1) is 18.7. The Morgan fingerprint density at radius 3 is 2.61 bits per heavy atom. The Morgan fingerprint density at radius 1 is 1.00 bits per heavy atom. The van der Waals surface area contributed by atoms with Crippen LogP contribution < -0.4 is 0 Å². The summed E-state index contributed by atoms with van der Waals surface area (Å²) in [5, 5.41) is 21.1. The second-order valence-corrected chi connectivity index (χ2v) is 7.87. The maximum atomic E-state index is 10.9. The Balaban J connectivity index is 1.83. The van der Waals surface area contributed by atoms with Gasteiger partial charge in [0.1, 0.15) is 0 Å². The van der Waals surface area contributed by atoms with Gasteiger partial charge in [0.15, 0.2) is 5.69 Å². The monoisotopic (exact) mass is 453 g/mol. The van der Waals surface area contributed by atoms with Crippen LogP contribution in [0.1, 0.15) is 11.1 Å². The van der Waals surface area contributed by atoms with Crippen LogP contribution in [0.4, 0.5) is 11.4 Å². The summed E-state index contributed by atoms with van der Waals surface area (Å²) >= 11 is 9.82. The molecule has 0 amide bonds. The zero-order chi connectivity index (χ0) is 19.7. The number of benzene rings is 3. The average Bonchev–Trinajstić information content (AvgIpc) is 2.92. The van der Waals surface area contributed by atoms with Crippen LogP contribution in [-0.4, -0.2) is 9.67 Å². The van der Waals surface area contributed by atoms with Crippen molar-refractivity contribution in [2.75, 3.05) is 0 Å². The molecular formula is C22H17BrClN3O. The lowest BCUT2D eigenvalue weighted by Crippen LogP contribution is -1.99. The van der Waals surface area contributed by atoms with Gasteiger partial charge in [-0.25, -0.2) is 0 Å². The predicted molar refractivity (Wildman–Crippen MR) is 117 cm³/mol. The lowest BCUT2D eigenvalue weighted by Gasteiger charge is -2.08. The number of azo groups is 1. The molecule has 0 saturated carbocycles. The van der Waals surface area contributed by atoms with Crippen molar-refractivity contribution in [2.45, 2.75) is 13.5 Å². The molecule has 3 aromatic carbocycles. The van der Waals surface area contributed by atoms with Crippen molar-refractivity contribution in [3.8, 4) is 5.88 Å². The molecule has 0 aliphatic carbocycles. The molecular weight excluding hydrogens is 438 g/mol. The van der Waals surface area contributed by atoms with Crippen LogP contribution in [0.15, 0.2) is 81.4 Å². The molecule has 1 aromatic heterocycles. The van der Waals surface area contributed by atoms with E-state index in [0.717, 1.165) is 32.2 Å². The molecule has 4 nitrogen and oxygen atoms in total. The van der Waals surface area contributed by atoms with Crippen LogP contribution in [-0.2, 0) is 6.54 Å². The van der Waals surface area contributed by atoms with E-state index in [1.54, 1.807) is 4.57 Å². The highest BCUT2D eigenvalue weighted by atomic mass is 79.9. The highest BCUT2D eigenvalue weighted by molar-refractivity contribution is 9.10. The van der Waals surface area contributed by atoms with Gasteiger partial charge in [0.05, 0.1) is 17.7 Å². The van der Waals surface area contributed by atoms with E-state index < -0.39 is 0 Å². The number of aromatic hydroxyl groups is 1. The lowest BCUT2D eigenvalue weighted by atomic mass is 10.2. The van der Waals surface area contributed by atoms with Crippen molar-refractivity contribution in [2.24, 2.45) is 10.2 Å². The second kappa shape index (κ2) is 7.78. The average molecular weight is 455 g/mol. The number of fused-ring (bicyclic) bond motifs is 1. The fraction of sp³-hybridized carbons (Fsp3) is 0.0909. The maximum absolute atomic E-state index is 10.9. The number of hydrogen-bond acceptors (Lipinski definition) is 3. The normalized spacial score (nSPS) is 11.5. The first-order valence-electron chi connectivity index (χ1n) is 8.75. The first-order chi connectivity index (χ1) is 13.5. The summed E-state index contributed by atoms with van der Waals surface area (Å²) in [4.78, 5) is 0. The number of rotatable bonds is 4. The summed E-state index contributed by atoms with van der Waals surface area (Å²) in [7, 11) is 0. The molecule has 0 unspecified atom stereocenters. The minimum Gasteiger partial charge on any atom is -0.493 e. The SMILES string of the molecule is Cc1cccc(N=Nc2c(O)n(Cc3ccccc3Cl)c3ccc(Br)cc23)c1. The quantitative estimate of drug-likeness (QED) is 0.318. The molecule has 0 atom stereocenters. The van der Waals surface area contributed by atoms with Gasteiger partial charge in [-0.05, 0) is 54.4 Å². The van der Waals surface area contributed by atoms with Crippen molar-refractivity contribution in [1.82, 2.24) is 4.57 Å². The van der Waals surface area contributed by atoms with E-state index in [0.29, 0.717) is 17.3 Å². The van der Waals surface area contributed by atoms with Crippen LogP contribution >= 0.6 is 27.5 Å². The molecule has 140 valence electrons. The molecule has 0 fully saturated rings. The smallest absolute Gasteiger partial charge is 0.221 e. The zero-order valence-corrected chi connectivity index (χ0v) is 17.4. The van der Waals surface area contributed by atoms with Crippen LogP contribution in [0, 0.1) is 6.92 Å². The molecule has 0 spiro atoms. The van der Waals surface area contributed by atoms with Crippen molar-refractivity contribution in [1.29, 1.82) is 0 Å². The predicted octanol–water partition coefficient (Wildman–Crippen LogP) is 7.53. The van der Waals surface area contributed by atoms with Crippen molar-refractivity contribution in [3.63, 3.8) is 0 Å². The van der Waals surface area contributed by atoms with Crippen LogP contribution in [0.2, 0.25) is 5.02 Å². The summed E-state index contributed by atoms with van der Waals surface area (Å²) in [6, 6.07) is 21.2. The number of aryl methyl sites for hydroxylation is 1. The van der Waals surface area contributed by atoms with Gasteiger partial charge in [-0.2, -0.15) is 5.11 Å². The standard InChI is InChI=1S/C22H17BrClN3O/c1-14-5-4-7-17(11-14)25-26-21-18-12-16(23)9-10-20(18)27(22(21)28)13-15-6-2-3-8-19(15)24/h2-12,28H,13H2,1H3. The molecule has 28 heavy (non-hydrogen) atoms.